The zero-order valence-electron chi connectivity index (χ0n) is 14.8. The van der Waals surface area contributed by atoms with Gasteiger partial charge in [0.2, 0.25) is 5.91 Å². The summed E-state index contributed by atoms with van der Waals surface area (Å²) in [6.07, 6.45) is 1.04. The lowest BCUT2D eigenvalue weighted by atomic mass is 10.1. The number of nitro benzene ring substituents is 1. The molecule has 3 N–H and O–H groups in total. The molecule has 2 aliphatic heterocycles. The normalized spacial score (nSPS) is 21.1. The predicted molar refractivity (Wildman–Crippen MR) is 96.3 cm³/mol. The summed E-state index contributed by atoms with van der Waals surface area (Å²) in [5.41, 5.74) is 0.500. The van der Waals surface area contributed by atoms with Gasteiger partial charge in [-0.15, -0.1) is 0 Å². The largest absolute Gasteiger partial charge is 0.366 e. The van der Waals surface area contributed by atoms with Crippen LogP contribution in [0.1, 0.15) is 30.6 Å². The maximum absolute atomic E-state index is 12.5. The molecule has 3 rings (SSSR count). The second kappa shape index (κ2) is 7.28. The van der Waals surface area contributed by atoms with Crippen molar-refractivity contribution in [2.24, 2.45) is 0 Å². The van der Waals surface area contributed by atoms with Crippen molar-refractivity contribution in [2.45, 2.75) is 38.4 Å². The fraction of sp³-hybridized carbons (Fsp3) is 0.529. The molecule has 9 nitrogen and oxygen atoms in total. The molecule has 26 heavy (non-hydrogen) atoms. The second-order valence-corrected chi connectivity index (χ2v) is 7.01. The highest BCUT2D eigenvalue weighted by Crippen LogP contribution is 2.32. The van der Waals surface area contributed by atoms with Gasteiger partial charge in [-0.1, -0.05) is 0 Å². The lowest BCUT2D eigenvalue weighted by Crippen LogP contribution is -2.43. The molecule has 2 aliphatic rings. The van der Waals surface area contributed by atoms with E-state index in [9.17, 15) is 19.7 Å². The first kappa shape index (κ1) is 18.1. The summed E-state index contributed by atoms with van der Waals surface area (Å²) in [7, 11) is 0. The molecule has 1 aromatic rings. The van der Waals surface area contributed by atoms with Crippen LogP contribution in [0.15, 0.2) is 18.2 Å². The first-order valence-corrected chi connectivity index (χ1v) is 8.71. The molecule has 2 heterocycles. The number of fused-ring (bicyclic) bond motifs is 2. The van der Waals surface area contributed by atoms with E-state index in [1.165, 1.54) is 6.07 Å². The van der Waals surface area contributed by atoms with Crippen LogP contribution in [0.25, 0.3) is 0 Å². The smallest absolute Gasteiger partial charge is 0.282 e. The number of hydrogen-bond acceptors (Lipinski definition) is 6. The van der Waals surface area contributed by atoms with Gasteiger partial charge in [0.05, 0.1) is 11.5 Å². The summed E-state index contributed by atoms with van der Waals surface area (Å²) in [6, 6.07) is 5.31. The van der Waals surface area contributed by atoms with Crippen LogP contribution >= 0.6 is 0 Å². The molecular formula is C17H23N5O4. The first-order chi connectivity index (χ1) is 12.3. The van der Waals surface area contributed by atoms with Gasteiger partial charge in [0.25, 0.3) is 11.6 Å². The van der Waals surface area contributed by atoms with Gasteiger partial charge in [0.1, 0.15) is 5.56 Å². The Hall–Kier alpha value is -2.68. The summed E-state index contributed by atoms with van der Waals surface area (Å²) in [6.45, 7) is 5.09. The highest BCUT2D eigenvalue weighted by atomic mass is 16.6. The number of piperazine rings is 1. The Bertz CT molecular complexity index is 736. The van der Waals surface area contributed by atoms with Crippen molar-refractivity contribution in [3.8, 4) is 0 Å². The monoisotopic (exact) mass is 361 g/mol. The molecule has 0 saturated carbocycles. The summed E-state index contributed by atoms with van der Waals surface area (Å²) < 4.78 is 0. The summed E-state index contributed by atoms with van der Waals surface area (Å²) in [4.78, 5) is 37.0. The number of nitrogens with zero attached hydrogens (tertiary/aromatic N) is 2. The van der Waals surface area contributed by atoms with Gasteiger partial charge in [-0.05, 0) is 32.4 Å². The van der Waals surface area contributed by atoms with Crippen molar-refractivity contribution < 1.29 is 14.5 Å². The van der Waals surface area contributed by atoms with E-state index in [4.69, 9.17) is 0 Å². The van der Waals surface area contributed by atoms with Crippen molar-refractivity contribution in [2.75, 3.05) is 24.5 Å². The average Bonchev–Trinajstić information content (AvgIpc) is 3.21. The van der Waals surface area contributed by atoms with Crippen LogP contribution in [-0.2, 0) is 4.79 Å². The van der Waals surface area contributed by atoms with Crippen molar-refractivity contribution in [1.82, 2.24) is 16.0 Å². The number of carbonyl (C=O) groups excluding carboxylic acids is 2. The Kier molecular flexibility index (Phi) is 5.08. The number of hydrogen-bond donors (Lipinski definition) is 3. The molecular weight excluding hydrogens is 338 g/mol. The van der Waals surface area contributed by atoms with Crippen molar-refractivity contribution >= 4 is 23.2 Å². The number of nitrogens with one attached hydrogen (secondary N) is 3. The van der Waals surface area contributed by atoms with E-state index < -0.39 is 10.8 Å². The zero-order chi connectivity index (χ0) is 18.8. The van der Waals surface area contributed by atoms with E-state index in [0.717, 1.165) is 25.2 Å². The Morgan fingerprint density at radius 2 is 2.19 bits per heavy atom. The lowest BCUT2D eigenvalue weighted by Gasteiger charge is -2.29. The lowest BCUT2D eigenvalue weighted by molar-refractivity contribution is -0.385. The number of rotatable bonds is 6. The Morgan fingerprint density at radius 1 is 1.42 bits per heavy atom. The van der Waals surface area contributed by atoms with E-state index in [1.807, 2.05) is 13.8 Å². The number of benzene rings is 1. The van der Waals surface area contributed by atoms with Gasteiger partial charge in [0.15, 0.2) is 0 Å². The third-order valence-electron chi connectivity index (χ3n) is 4.67. The molecule has 2 amide bonds. The topological polar surface area (TPSA) is 117 Å². The molecule has 2 saturated heterocycles. The number of amides is 2. The third kappa shape index (κ3) is 3.77. The fourth-order valence-corrected chi connectivity index (χ4v) is 3.55. The molecule has 140 valence electrons. The maximum atomic E-state index is 12.5. The van der Waals surface area contributed by atoms with Crippen LogP contribution in [0.3, 0.4) is 0 Å². The Morgan fingerprint density at radius 3 is 2.77 bits per heavy atom. The first-order valence-electron chi connectivity index (χ1n) is 8.71. The molecule has 0 aliphatic carbocycles. The Labute approximate surface area is 151 Å². The maximum Gasteiger partial charge on any atom is 0.282 e. The molecule has 2 bridgehead atoms. The minimum atomic E-state index is -0.625. The Balaban J connectivity index is 1.77. The molecule has 1 aromatic carbocycles. The van der Waals surface area contributed by atoms with Crippen LogP contribution in [0.4, 0.5) is 11.4 Å². The summed E-state index contributed by atoms with van der Waals surface area (Å²) >= 11 is 0. The van der Waals surface area contributed by atoms with Crippen LogP contribution in [0, 0.1) is 10.1 Å². The average molecular weight is 361 g/mol. The molecule has 0 radical (unpaired) electrons. The van der Waals surface area contributed by atoms with E-state index >= 15 is 0 Å². The van der Waals surface area contributed by atoms with Gasteiger partial charge in [-0.2, -0.15) is 0 Å². The minimum Gasteiger partial charge on any atom is -0.366 e. The van der Waals surface area contributed by atoms with Gasteiger partial charge in [0, 0.05) is 43.0 Å². The number of nitro groups is 1. The molecule has 2 fully saturated rings. The van der Waals surface area contributed by atoms with E-state index in [2.05, 4.69) is 20.9 Å². The molecule has 2 atom stereocenters. The quantitative estimate of drug-likeness (QED) is 0.499. The van der Waals surface area contributed by atoms with Crippen LogP contribution in [-0.4, -0.2) is 54.5 Å². The van der Waals surface area contributed by atoms with Gasteiger partial charge >= 0.3 is 0 Å². The molecule has 9 heteroatoms. The molecule has 0 spiro atoms. The van der Waals surface area contributed by atoms with Crippen molar-refractivity contribution in [3.05, 3.63) is 33.9 Å². The number of anilines is 1. The second-order valence-electron chi connectivity index (χ2n) is 7.01. The van der Waals surface area contributed by atoms with Gasteiger partial charge in [-0.3, -0.25) is 19.7 Å². The van der Waals surface area contributed by atoms with Crippen LogP contribution in [0.5, 0.6) is 0 Å². The van der Waals surface area contributed by atoms with Crippen LogP contribution in [0.2, 0.25) is 0 Å². The minimum absolute atomic E-state index is 0.0272. The van der Waals surface area contributed by atoms with Gasteiger partial charge in [-0.25, -0.2) is 0 Å². The zero-order valence-corrected chi connectivity index (χ0v) is 14.8. The summed E-state index contributed by atoms with van der Waals surface area (Å²) in [5, 5.41) is 19.8. The van der Waals surface area contributed by atoms with Crippen molar-refractivity contribution in [3.63, 3.8) is 0 Å². The van der Waals surface area contributed by atoms with Crippen molar-refractivity contribution in [1.29, 1.82) is 0 Å². The fourth-order valence-electron chi connectivity index (χ4n) is 3.55. The van der Waals surface area contributed by atoms with Crippen LogP contribution < -0.4 is 20.9 Å². The SMILES string of the molecule is CC(C)NC(=O)CNC(=O)c1cc(N2C[C@@H]3C[C@H]2CN3)ccc1[N+](=O)[O-]. The molecule has 0 aromatic heterocycles. The predicted octanol–water partition coefficient (Wildman–Crippen LogP) is 0.400. The third-order valence-corrected chi connectivity index (χ3v) is 4.67. The summed E-state index contributed by atoms with van der Waals surface area (Å²) in [5.74, 6) is -0.963. The highest BCUT2D eigenvalue weighted by molar-refractivity contribution is 6.00. The molecule has 0 unspecified atom stereocenters. The van der Waals surface area contributed by atoms with Gasteiger partial charge < -0.3 is 20.9 Å². The van der Waals surface area contributed by atoms with E-state index in [-0.39, 0.29) is 29.7 Å². The standard InChI is InChI=1S/C17H23N5O4/c1-10(2)20-16(23)8-19-17(24)14-6-12(3-4-15(14)22(25)26)21-9-11-5-13(21)7-18-11/h3-4,6,10-11,13,18H,5,7-9H2,1-2H3,(H,19,24)(H,20,23)/t11-,13-/m0/s1. The van der Waals surface area contributed by atoms with E-state index in [0.29, 0.717) is 12.1 Å². The number of carbonyl (C=O) groups is 2. The van der Waals surface area contributed by atoms with E-state index in [1.54, 1.807) is 12.1 Å². The highest BCUT2D eigenvalue weighted by Gasteiger charge is 2.38.